The zero-order valence-corrected chi connectivity index (χ0v) is 49.1. The molecule has 4 amide bonds. The third-order valence-corrected chi connectivity index (χ3v) is 24.4. The van der Waals surface area contributed by atoms with E-state index < -0.39 is 0 Å². The van der Waals surface area contributed by atoms with Gasteiger partial charge in [-0.15, -0.1) is 90.7 Å². The quantitative estimate of drug-likeness (QED) is 0.0713. The number of rotatable bonds is 20. The molecule has 2 aliphatic rings. The molecule has 0 saturated carbocycles. The summed E-state index contributed by atoms with van der Waals surface area (Å²) in [4.78, 5) is 80.5. The second-order valence-corrected chi connectivity index (χ2v) is 28.1. The van der Waals surface area contributed by atoms with E-state index in [1.54, 1.807) is 90.7 Å². The Morgan fingerprint density at radius 3 is 0.961 bits per heavy atom. The zero-order chi connectivity index (χ0) is 52.2. The molecule has 76 heavy (non-hydrogen) atoms. The van der Waals surface area contributed by atoms with E-state index in [4.69, 9.17) is 0 Å². The summed E-state index contributed by atoms with van der Waals surface area (Å²) in [6.07, 6.45) is 7.51. The van der Waals surface area contributed by atoms with Gasteiger partial charge in [0.15, 0.2) is 0 Å². The minimum Gasteiger partial charge on any atom is -0.274 e. The fourth-order valence-corrected chi connectivity index (χ4v) is 18.8. The highest BCUT2D eigenvalue weighted by atomic mass is 32.1. The van der Waals surface area contributed by atoms with Crippen molar-refractivity contribution in [3.05, 3.63) is 142 Å². The molecular formula is C62H54N2O4S8. The summed E-state index contributed by atoms with van der Waals surface area (Å²) in [5.41, 5.74) is 2.77. The van der Waals surface area contributed by atoms with Crippen molar-refractivity contribution in [2.24, 2.45) is 11.8 Å². The van der Waals surface area contributed by atoms with Crippen molar-refractivity contribution >= 4 is 125 Å². The highest BCUT2D eigenvalue weighted by Crippen LogP contribution is 2.51. The first kappa shape index (κ1) is 51.3. The van der Waals surface area contributed by atoms with Gasteiger partial charge in [0, 0.05) is 114 Å². The van der Waals surface area contributed by atoms with E-state index in [1.165, 1.54) is 48.8 Å². The zero-order valence-electron chi connectivity index (χ0n) is 42.6. The molecule has 12 rings (SSSR count). The Labute approximate surface area is 475 Å². The minimum atomic E-state index is -0.373. The van der Waals surface area contributed by atoms with Crippen LogP contribution >= 0.6 is 90.7 Å². The van der Waals surface area contributed by atoms with Crippen LogP contribution in [0.3, 0.4) is 0 Å². The average molecular weight is 1150 g/mol. The maximum atomic E-state index is 15.5. The second-order valence-electron chi connectivity index (χ2n) is 19.7. The summed E-state index contributed by atoms with van der Waals surface area (Å²) in [5, 5.41) is 5.06. The number of thiophene rings is 8. The molecule has 10 aromatic rings. The van der Waals surface area contributed by atoms with Crippen molar-refractivity contribution in [2.45, 2.75) is 79.1 Å². The highest BCUT2D eigenvalue weighted by molar-refractivity contribution is 7.30. The summed E-state index contributed by atoms with van der Waals surface area (Å²) in [6.45, 7) is 9.19. The first-order chi connectivity index (χ1) is 37.1. The molecule has 10 heterocycles. The number of amides is 4. The van der Waals surface area contributed by atoms with Crippen LogP contribution in [0.5, 0.6) is 0 Å². The van der Waals surface area contributed by atoms with Crippen molar-refractivity contribution in [3.63, 3.8) is 0 Å². The van der Waals surface area contributed by atoms with Gasteiger partial charge in [0.1, 0.15) is 0 Å². The average Bonchev–Trinajstić information content (AvgIpc) is 4.39. The molecule has 2 aromatic carbocycles. The maximum Gasteiger partial charge on any atom is 0.262 e. The fourth-order valence-electron chi connectivity index (χ4n) is 10.7. The lowest BCUT2D eigenvalue weighted by molar-refractivity contribution is 0.0559. The molecule has 8 aromatic heterocycles. The van der Waals surface area contributed by atoms with Gasteiger partial charge in [0.2, 0.25) is 0 Å². The molecule has 0 radical (unpaired) electrons. The molecule has 6 nitrogen and oxygen atoms in total. The molecule has 0 N–H and O–H groups in total. The Balaban J connectivity index is 1.00. The van der Waals surface area contributed by atoms with Gasteiger partial charge < -0.3 is 0 Å². The van der Waals surface area contributed by atoms with Crippen molar-refractivity contribution in [1.82, 2.24) is 9.80 Å². The molecule has 0 saturated heterocycles. The van der Waals surface area contributed by atoms with Gasteiger partial charge in [-0.05, 0) is 132 Å². The van der Waals surface area contributed by atoms with E-state index in [1.807, 2.05) is 12.1 Å². The fraction of sp³-hybridized carbons (Fsp3) is 0.258. The highest BCUT2D eigenvalue weighted by Gasteiger charge is 2.44. The Kier molecular flexibility index (Phi) is 14.7. The molecule has 2 aliphatic heterocycles. The number of unbranched alkanes of at least 4 members (excludes halogenated alkanes) is 2. The van der Waals surface area contributed by atoms with Crippen LogP contribution in [0.4, 0.5) is 0 Å². The first-order valence-electron chi connectivity index (χ1n) is 26.2. The normalized spacial score (nSPS) is 14.3. The van der Waals surface area contributed by atoms with Gasteiger partial charge >= 0.3 is 0 Å². The second kappa shape index (κ2) is 21.8. The summed E-state index contributed by atoms with van der Waals surface area (Å²) in [7, 11) is 0. The van der Waals surface area contributed by atoms with Gasteiger partial charge in [0.25, 0.3) is 23.6 Å². The van der Waals surface area contributed by atoms with Crippen LogP contribution < -0.4 is 0 Å². The minimum absolute atomic E-state index is 0.124. The summed E-state index contributed by atoms with van der Waals surface area (Å²) in [5.74, 6) is -1.23. The number of hydrogen-bond acceptors (Lipinski definition) is 12. The Morgan fingerprint density at radius 2 is 0.671 bits per heavy atom. The Morgan fingerprint density at radius 1 is 0.368 bits per heavy atom. The summed E-state index contributed by atoms with van der Waals surface area (Å²) >= 11 is 13.8. The molecule has 384 valence electrons. The van der Waals surface area contributed by atoms with E-state index >= 15 is 19.2 Å². The molecule has 0 aliphatic carbocycles. The van der Waals surface area contributed by atoms with E-state index in [0.717, 1.165) is 80.6 Å². The standard InChI is InChI=1S/C62H54N2O4S8/c1-5-9-13-35(7-3)33-63-59(65)39-31-38(42-18-20-48(72-42)50-26-28-54(76-50)52-24-22-46(74-52)44-16-12-30-70-44)58-56-40(60(66)64(62(58)68)34-36(8-4)14-10-6-2)32-37(57(55(39)56)61(63)67)41-17-19-47(71-41)49-25-27-53(75-49)51-23-21-45(73-51)43-15-11-29-69-43/h11-12,15-32,35-36H,5-10,13-14,33-34H2,1-4H3. The van der Waals surface area contributed by atoms with Gasteiger partial charge in [-0.2, -0.15) is 0 Å². The number of nitrogens with zero attached hydrogens (tertiary/aromatic N) is 2. The number of carbonyl (C=O) groups excluding carboxylic acids is 4. The Hall–Kier alpha value is -5.42. The van der Waals surface area contributed by atoms with Gasteiger partial charge in [-0.25, -0.2) is 0 Å². The summed E-state index contributed by atoms with van der Waals surface area (Å²) < 4.78 is 0. The predicted octanol–water partition coefficient (Wildman–Crippen LogP) is 20.3. The molecule has 0 fully saturated rings. The van der Waals surface area contributed by atoms with Crippen LogP contribution in [0, 0.1) is 11.8 Å². The molecule has 2 atom stereocenters. The molecule has 0 spiro atoms. The topological polar surface area (TPSA) is 74.8 Å². The van der Waals surface area contributed by atoms with Crippen molar-refractivity contribution in [2.75, 3.05) is 13.1 Å². The number of benzene rings is 2. The van der Waals surface area contributed by atoms with Crippen LogP contribution in [-0.4, -0.2) is 46.5 Å². The van der Waals surface area contributed by atoms with E-state index in [2.05, 4.69) is 136 Å². The van der Waals surface area contributed by atoms with Crippen LogP contribution in [0.25, 0.3) is 90.2 Å². The van der Waals surface area contributed by atoms with Gasteiger partial charge in [-0.1, -0.05) is 78.4 Å². The SMILES string of the molecule is CCCCC(CC)CN1C(=O)c2cc(-c3ccc(-c4ccc(-c5ccc(-c6cccs6)s5)s4)s3)c3c4c(cc(-c5ccc(-c6ccc(-c7ccc(-c8cccs8)s7)s6)s5)c(c24)C1=O)C(=O)N(CC(CC)CCCC)C3=O. The number of imide groups is 2. The van der Waals surface area contributed by atoms with Crippen LogP contribution in [0.15, 0.2) is 120 Å². The smallest absolute Gasteiger partial charge is 0.262 e. The number of hydrogen-bond donors (Lipinski definition) is 0. The van der Waals surface area contributed by atoms with Crippen LogP contribution in [0.1, 0.15) is 120 Å². The van der Waals surface area contributed by atoms with Crippen molar-refractivity contribution in [3.8, 4) is 79.4 Å². The third kappa shape index (κ3) is 9.40. The van der Waals surface area contributed by atoms with Crippen LogP contribution in [0.2, 0.25) is 0 Å². The lowest BCUT2D eigenvalue weighted by Crippen LogP contribution is -2.46. The monoisotopic (exact) mass is 1150 g/mol. The predicted molar refractivity (Wildman–Crippen MR) is 328 cm³/mol. The van der Waals surface area contributed by atoms with Gasteiger partial charge in [-0.3, -0.25) is 29.0 Å². The maximum absolute atomic E-state index is 15.5. The van der Waals surface area contributed by atoms with E-state index in [0.29, 0.717) is 57.2 Å². The van der Waals surface area contributed by atoms with E-state index in [-0.39, 0.29) is 35.5 Å². The molecule has 2 unspecified atom stereocenters. The summed E-state index contributed by atoms with van der Waals surface area (Å²) in [6, 6.07) is 38.1. The molecule has 14 heteroatoms. The lowest BCUT2D eigenvalue weighted by atomic mass is 9.80. The largest absolute Gasteiger partial charge is 0.274 e. The van der Waals surface area contributed by atoms with Crippen molar-refractivity contribution in [1.29, 1.82) is 0 Å². The van der Waals surface area contributed by atoms with E-state index in [9.17, 15) is 0 Å². The number of carbonyl (C=O) groups is 4. The Bertz CT molecular complexity index is 3550. The third-order valence-electron chi connectivity index (χ3n) is 14.9. The first-order valence-corrected chi connectivity index (χ1v) is 32.9. The van der Waals surface area contributed by atoms with Crippen LogP contribution in [-0.2, 0) is 0 Å². The van der Waals surface area contributed by atoms with Gasteiger partial charge in [0.05, 0.1) is 11.1 Å². The van der Waals surface area contributed by atoms with Crippen molar-refractivity contribution < 1.29 is 19.2 Å². The molecule has 0 bridgehead atoms. The molecular weight excluding hydrogens is 1090 g/mol. The lowest BCUT2D eigenvalue weighted by Gasteiger charge is -2.36.